The van der Waals surface area contributed by atoms with Gasteiger partial charge in [0.15, 0.2) is 0 Å². The number of amides is 1. The fourth-order valence-corrected chi connectivity index (χ4v) is 2.06. The average Bonchev–Trinajstić information content (AvgIpc) is 2.77. The summed E-state index contributed by atoms with van der Waals surface area (Å²) in [4.78, 5) is 15.1. The number of hydrazone groups is 1. The van der Waals surface area contributed by atoms with E-state index in [0.717, 1.165) is 22.1 Å². The van der Waals surface area contributed by atoms with Crippen LogP contribution in [0.3, 0.4) is 0 Å². The lowest BCUT2D eigenvalue weighted by Gasteiger charge is -2.01. The predicted molar refractivity (Wildman–Crippen MR) is 78.8 cm³/mol. The molecule has 1 amide bonds. The number of hydrogen-bond donors (Lipinski definition) is 2. The van der Waals surface area contributed by atoms with Gasteiger partial charge in [-0.05, 0) is 24.6 Å². The summed E-state index contributed by atoms with van der Waals surface area (Å²) < 4.78 is 0. The van der Waals surface area contributed by atoms with Crippen LogP contribution in [0.5, 0.6) is 0 Å². The zero-order chi connectivity index (χ0) is 13.7. The van der Waals surface area contributed by atoms with Crippen molar-refractivity contribution in [3.05, 3.63) is 40.9 Å². The number of rotatable bonds is 4. The topological polar surface area (TPSA) is 66.4 Å². The molecule has 19 heavy (non-hydrogen) atoms. The molecule has 6 heteroatoms. The van der Waals surface area contributed by atoms with Gasteiger partial charge in [0.1, 0.15) is 0 Å². The number of benzene rings is 1. The fraction of sp³-hybridized carbons (Fsp3) is 0.154. The minimum absolute atomic E-state index is 0.0813. The number of aryl methyl sites for hydroxylation is 1. The Morgan fingerprint density at radius 2 is 2.11 bits per heavy atom. The molecule has 0 saturated carbocycles. The molecular weight excluding hydrogens is 260 g/mol. The van der Waals surface area contributed by atoms with Crippen molar-refractivity contribution in [1.29, 1.82) is 0 Å². The quantitative estimate of drug-likeness (QED) is 0.665. The first-order chi connectivity index (χ1) is 9.13. The minimum atomic E-state index is -0.0813. The van der Waals surface area contributed by atoms with E-state index in [-0.39, 0.29) is 5.91 Å². The molecule has 0 saturated heterocycles. The number of carbonyl (C=O) groups is 1. The standard InChI is InChI=1S/C13H14N4OS/c1-9-8-19-13(15-9)17-14-7-11-3-5-12(6-4-11)16-10(2)18/h3-8H,1-2H3,(H,15,17)(H,16,18). The zero-order valence-electron chi connectivity index (χ0n) is 10.7. The first-order valence-electron chi connectivity index (χ1n) is 5.72. The van der Waals surface area contributed by atoms with Crippen LogP contribution in [0, 0.1) is 6.92 Å². The average molecular weight is 274 g/mol. The van der Waals surface area contributed by atoms with Crippen molar-refractivity contribution >= 4 is 34.3 Å². The largest absolute Gasteiger partial charge is 0.326 e. The van der Waals surface area contributed by atoms with Crippen LogP contribution in [0.4, 0.5) is 10.8 Å². The van der Waals surface area contributed by atoms with Gasteiger partial charge in [-0.2, -0.15) is 5.10 Å². The summed E-state index contributed by atoms with van der Waals surface area (Å²) in [6.07, 6.45) is 1.70. The van der Waals surface area contributed by atoms with Crippen LogP contribution in [0.2, 0.25) is 0 Å². The normalized spacial score (nSPS) is 10.6. The van der Waals surface area contributed by atoms with Crippen LogP contribution in [0.15, 0.2) is 34.7 Å². The molecule has 1 aromatic carbocycles. The van der Waals surface area contributed by atoms with Crippen LogP contribution in [-0.2, 0) is 4.79 Å². The van der Waals surface area contributed by atoms with Crippen molar-refractivity contribution in [3.8, 4) is 0 Å². The van der Waals surface area contributed by atoms with Crippen molar-refractivity contribution < 1.29 is 4.79 Å². The maximum Gasteiger partial charge on any atom is 0.221 e. The van der Waals surface area contributed by atoms with E-state index in [1.54, 1.807) is 6.21 Å². The van der Waals surface area contributed by atoms with E-state index in [9.17, 15) is 4.79 Å². The molecule has 0 aliphatic heterocycles. The zero-order valence-corrected chi connectivity index (χ0v) is 11.5. The van der Waals surface area contributed by atoms with E-state index in [1.165, 1.54) is 18.3 Å². The van der Waals surface area contributed by atoms with Gasteiger partial charge in [-0.1, -0.05) is 12.1 Å². The van der Waals surface area contributed by atoms with Gasteiger partial charge >= 0.3 is 0 Å². The van der Waals surface area contributed by atoms with Crippen LogP contribution in [0.1, 0.15) is 18.2 Å². The second-order valence-corrected chi connectivity index (χ2v) is 4.83. The Balaban J connectivity index is 1.93. The van der Waals surface area contributed by atoms with E-state index < -0.39 is 0 Å². The summed E-state index contributed by atoms with van der Waals surface area (Å²) in [6, 6.07) is 7.42. The van der Waals surface area contributed by atoms with Gasteiger partial charge in [-0.15, -0.1) is 11.3 Å². The molecule has 0 unspecified atom stereocenters. The summed E-state index contributed by atoms with van der Waals surface area (Å²) in [5.74, 6) is -0.0813. The number of nitrogens with one attached hydrogen (secondary N) is 2. The van der Waals surface area contributed by atoms with Gasteiger partial charge in [-0.25, -0.2) is 4.98 Å². The van der Waals surface area contributed by atoms with Gasteiger partial charge in [0, 0.05) is 18.0 Å². The molecule has 2 rings (SSSR count). The number of aromatic nitrogens is 1. The Bertz CT molecular complexity index is 589. The summed E-state index contributed by atoms with van der Waals surface area (Å²) in [5, 5.41) is 9.54. The third-order valence-electron chi connectivity index (χ3n) is 2.22. The summed E-state index contributed by atoms with van der Waals surface area (Å²) in [5.41, 5.74) is 5.55. The Hall–Kier alpha value is -2.21. The number of nitrogens with zero attached hydrogens (tertiary/aromatic N) is 2. The van der Waals surface area contributed by atoms with Crippen LogP contribution < -0.4 is 10.7 Å². The summed E-state index contributed by atoms with van der Waals surface area (Å²) >= 11 is 1.51. The number of hydrogen-bond acceptors (Lipinski definition) is 5. The maximum atomic E-state index is 10.9. The van der Waals surface area contributed by atoms with Crippen LogP contribution in [-0.4, -0.2) is 17.1 Å². The second-order valence-electron chi connectivity index (χ2n) is 3.97. The molecule has 1 heterocycles. The first kappa shape index (κ1) is 13.2. The van der Waals surface area contributed by atoms with E-state index >= 15 is 0 Å². The number of thiazole rings is 1. The minimum Gasteiger partial charge on any atom is -0.326 e. The molecule has 0 fully saturated rings. The Labute approximate surface area is 115 Å². The highest BCUT2D eigenvalue weighted by molar-refractivity contribution is 7.13. The smallest absolute Gasteiger partial charge is 0.221 e. The van der Waals surface area contributed by atoms with E-state index in [0.29, 0.717) is 0 Å². The molecule has 0 aliphatic rings. The van der Waals surface area contributed by atoms with Crippen LogP contribution >= 0.6 is 11.3 Å². The summed E-state index contributed by atoms with van der Waals surface area (Å²) in [7, 11) is 0. The first-order valence-corrected chi connectivity index (χ1v) is 6.60. The second kappa shape index (κ2) is 6.10. The lowest BCUT2D eigenvalue weighted by molar-refractivity contribution is -0.114. The third kappa shape index (κ3) is 4.18. The molecule has 1 aromatic heterocycles. The highest BCUT2D eigenvalue weighted by atomic mass is 32.1. The van der Waals surface area contributed by atoms with E-state index in [1.807, 2.05) is 36.6 Å². The lowest BCUT2D eigenvalue weighted by Crippen LogP contribution is -2.05. The monoisotopic (exact) mass is 274 g/mol. The van der Waals surface area contributed by atoms with Crippen LogP contribution in [0.25, 0.3) is 0 Å². The lowest BCUT2D eigenvalue weighted by atomic mass is 10.2. The van der Waals surface area contributed by atoms with Crippen molar-refractivity contribution in [3.63, 3.8) is 0 Å². The van der Waals surface area contributed by atoms with E-state index in [2.05, 4.69) is 20.8 Å². The van der Waals surface area contributed by atoms with Crippen molar-refractivity contribution in [1.82, 2.24) is 4.98 Å². The van der Waals surface area contributed by atoms with Gasteiger partial charge in [0.25, 0.3) is 0 Å². The number of carbonyl (C=O) groups excluding carboxylic acids is 1. The Kier molecular flexibility index (Phi) is 4.25. The van der Waals surface area contributed by atoms with Gasteiger partial charge < -0.3 is 5.32 Å². The molecule has 0 radical (unpaired) electrons. The molecular formula is C13H14N4OS. The molecule has 0 bridgehead atoms. The van der Waals surface area contributed by atoms with Crippen molar-refractivity contribution in [2.75, 3.05) is 10.7 Å². The molecule has 0 atom stereocenters. The van der Waals surface area contributed by atoms with Crippen molar-refractivity contribution in [2.45, 2.75) is 13.8 Å². The maximum absolute atomic E-state index is 10.9. The highest BCUT2D eigenvalue weighted by Gasteiger charge is 1.96. The van der Waals surface area contributed by atoms with Gasteiger partial charge in [0.2, 0.25) is 11.0 Å². The Morgan fingerprint density at radius 3 is 2.68 bits per heavy atom. The summed E-state index contributed by atoms with van der Waals surface area (Å²) in [6.45, 7) is 3.42. The van der Waals surface area contributed by atoms with Gasteiger partial charge in [0.05, 0.1) is 11.9 Å². The SMILES string of the molecule is CC(=O)Nc1ccc(C=NNc2nc(C)cs2)cc1. The molecule has 5 nitrogen and oxygen atoms in total. The third-order valence-corrected chi connectivity index (χ3v) is 3.09. The van der Waals surface area contributed by atoms with Crippen molar-refractivity contribution in [2.24, 2.45) is 5.10 Å². The van der Waals surface area contributed by atoms with Gasteiger partial charge in [-0.3, -0.25) is 10.2 Å². The molecule has 2 N–H and O–H groups in total. The highest BCUT2D eigenvalue weighted by Crippen LogP contribution is 2.14. The molecule has 98 valence electrons. The molecule has 0 spiro atoms. The molecule has 2 aromatic rings. The number of anilines is 2. The molecule has 0 aliphatic carbocycles. The fourth-order valence-electron chi connectivity index (χ4n) is 1.42. The predicted octanol–water partition coefficient (Wildman–Crippen LogP) is 2.86. The van der Waals surface area contributed by atoms with E-state index in [4.69, 9.17) is 0 Å². The Morgan fingerprint density at radius 1 is 1.37 bits per heavy atom.